The average molecular weight is 500 g/mol. The van der Waals surface area contributed by atoms with Gasteiger partial charge in [-0.25, -0.2) is 9.18 Å². The van der Waals surface area contributed by atoms with E-state index in [0.29, 0.717) is 11.3 Å². The van der Waals surface area contributed by atoms with E-state index >= 15 is 0 Å². The van der Waals surface area contributed by atoms with Crippen molar-refractivity contribution in [3.63, 3.8) is 0 Å². The van der Waals surface area contributed by atoms with Crippen molar-refractivity contribution in [2.45, 2.75) is 24.6 Å². The minimum atomic E-state index is -0.646. The van der Waals surface area contributed by atoms with Crippen molar-refractivity contribution in [1.82, 2.24) is 20.4 Å². The molecule has 4 atom stereocenters. The van der Waals surface area contributed by atoms with Gasteiger partial charge >= 0.3 is 6.03 Å². The van der Waals surface area contributed by atoms with Crippen LogP contribution in [0.2, 0.25) is 0 Å². The molecule has 0 aliphatic carbocycles. The Balaban J connectivity index is 1.50. The average Bonchev–Trinajstić information content (AvgIpc) is 2.85. The van der Waals surface area contributed by atoms with Crippen LogP contribution in [0.5, 0.6) is 0 Å². The first-order chi connectivity index (χ1) is 16.7. The van der Waals surface area contributed by atoms with E-state index in [0.717, 1.165) is 10.5 Å². The van der Waals surface area contributed by atoms with Gasteiger partial charge in [0.05, 0.1) is 29.4 Å². The second kappa shape index (κ2) is 10.1. The number of rotatable bonds is 6. The van der Waals surface area contributed by atoms with Crippen molar-refractivity contribution in [2.24, 2.45) is 5.92 Å². The zero-order valence-corrected chi connectivity index (χ0v) is 20.3. The number of carbonyl (C=O) groups excluding carboxylic acids is 4. The van der Waals surface area contributed by atoms with E-state index in [9.17, 15) is 23.6 Å². The lowest BCUT2D eigenvalue weighted by Gasteiger charge is -2.50. The lowest BCUT2D eigenvalue weighted by atomic mass is 9.96. The van der Waals surface area contributed by atoms with E-state index in [1.54, 1.807) is 43.4 Å². The highest BCUT2D eigenvalue weighted by atomic mass is 32.2. The number of nitrogens with zero attached hydrogens (tertiary/aromatic N) is 2. The van der Waals surface area contributed by atoms with Gasteiger partial charge in [0.2, 0.25) is 11.8 Å². The van der Waals surface area contributed by atoms with Gasteiger partial charge in [-0.15, -0.1) is 11.8 Å². The molecule has 2 fully saturated rings. The Morgan fingerprint density at radius 3 is 2.31 bits per heavy atom. The first kappa shape index (κ1) is 24.8. The van der Waals surface area contributed by atoms with Gasteiger partial charge < -0.3 is 10.2 Å². The van der Waals surface area contributed by atoms with Crippen LogP contribution in [0.25, 0.3) is 0 Å². The molecule has 0 spiro atoms. The Bertz CT molecular complexity index is 1140. The maximum atomic E-state index is 13.4. The molecule has 0 aromatic heterocycles. The fourth-order valence-corrected chi connectivity index (χ4v) is 5.31. The SMILES string of the molecule is CC(=O)c1ccc(NC(=O)CSC2NC(c3ccc(F)cc3)NC3C2C(=O)N(C)C(=O)N3C)cc1. The summed E-state index contributed by atoms with van der Waals surface area (Å²) in [5.74, 6) is -1.67. The van der Waals surface area contributed by atoms with Crippen molar-refractivity contribution in [1.29, 1.82) is 0 Å². The number of benzene rings is 2. The van der Waals surface area contributed by atoms with Crippen molar-refractivity contribution >= 4 is 41.1 Å². The summed E-state index contributed by atoms with van der Waals surface area (Å²) in [7, 11) is 3.05. The number of anilines is 1. The fourth-order valence-electron chi connectivity index (χ4n) is 4.20. The van der Waals surface area contributed by atoms with E-state index in [-0.39, 0.29) is 29.2 Å². The fraction of sp³-hybridized carbons (Fsp3) is 0.333. The van der Waals surface area contributed by atoms with Crippen molar-refractivity contribution in [3.05, 3.63) is 65.5 Å². The summed E-state index contributed by atoms with van der Waals surface area (Å²) in [4.78, 5) is 52.2. The normalized spacial score (nSPS) is 24.2. The zero-order chi connectivity index (χ0) is 25.3. The number of Topliss-reactive ketones (excluding diaryl/α,β-unsaturated/α-hetero) is 1. The van der Waals surface area contributed by atoms with E-state index < -0.39 is 29.7 Å². The standard InChI is InChI=1S/C24H26FN5O4S/c1-13(31)14-6-10-17(11-7-14)26-18(32)12-35-22-19-21(29(2)24(34)30(3)23(19)33)27-20(28-22)15-4-8-16(25)9-5-15/h4-11,19-22,27-28H,12H2,1-3H3,(H,26,32). The predicted molar refractivity (Wildman–Crippen MR) is 130 cm³/mol. The third-order valence-electron chi connectivity index (χ3n) is 6.13. The predicted octanol–water partition coefficient (Wildman–Crippen LogP) is 2.38. The molecule has 4 amide bonds. The molecule has 2 aliphatic heterocycles. The van der Waals surface area contributed by atoms with Crippen LogP contribution in [0.4, 0.5) is 14.9 Å². The molecule has 3 N–H and O–H groups in total. The van der Waals surface area contributed by atoms with Crippen LogP contribution in [0, 0.1) is 11.7 Å². The van der Waals surface area contributed by atoms with Gasteiger partial charge in [-0.2, -0.15) is 0 Å². The molecule has 0 radical (unpaired) electrons. The second-order valence-electron chi connectivity index (χ2n) is 8.49. The number of nitrogens with one attached hydrogen (secondary N) is 3. The smallest absolute Gasteiger partial charge is 0.325 e. The van der Waals surface area contributed by atoms with Crippen LogP contribution in [0.1, 0.15) is 29.0 Å². The molecular formula is C24H26FN5O4S. The number of thioether (sulfide) groups is 1. The highest BCUT2D eigenvalue weighted by Gasteiger charge is 2.51. The maximum Gasteiger partial charge on any atom is 0.327 e. The summed E-state index contributed by atoms with van der Waals surface area (Å²) in [6, 6.07) is 12.1. The van der Waals surface area contributed by atoms with Crippen LogP contribution >= 0.6 is 11.8 Å². The number of hydrogen-bond acceptors (Lipinski definition) is 7. The molecule has 11 heteroatoms. The molecule has 184 valence electrons. The molecule has 0 bridgehead atoms. The van der Waals surface area contributed by atoms with Crippen molar-refractivity contribution < 1.29 is 23.6 Å². The summed E-state index contributed by atoms with van der Waals surface area (Å²) in [5, 5.41) is 8.90. The molecular weight excluding hydrogens is 473 g/mol. The third kappa shape index (κ3) is 5.21. The van der Waals surface area contributed by atoms with Gasteiger partial charge in [-0.3, -0.25) is 29.9 Å². The van der Waals surface area contributed by atoms with Gasteiger partial charge in [0.1, 0.15) is 5.82 Å². The number of hydrogen-bond donors (Lipinski definition) is 3. The molecule has 2 heterocycles. The number of halogens is 1. The van der Waals surface area contributed by atoms with Gasteiger partial charge in [0.15, 0.2) is 5.78 Å². The van der Waals surface area contributed by atoms with E-state index in [1.807, 2.05) is 0 Å². The van der Waals surface area contributed by atoms with Gasteiger partial charge in [0.25, 0.3) is 0 Å². The maximum absolute atomic E-state index is 13.4. The number of ketones is 1. The molecule has 2 aliphatic rings. The van der Waals surface area contributed by atoms with E-state index in [4.69, 9.17) is 0 Å². The Hall–Kier alpha value is -3.28. The largest absolute Gasteiger partial charge is 0.327 e. The quantitative estimate of drug-likeness (QED) is 0.524. The van der Waals surface area contributed by atoms with Gasteiger partial charge in [0, 0.05) is 25.3 Å². The molecule has 2 aromatic carbocycles. The lowest BCUT2D eigenvalue weighted by molar-refractivity contribution is -0.140. The molecule has 2 saturated heterocycles. The summed E-state index contributed by atoms with van der Waals surface area (Å²) in [6.45, 7) is 1.47. The minimum absolute atomic E-state index is 0.0418. The summed E-state index contributed by atoms with van der Waals surface area (Å²) in [5.41, 5.74) is 1.84. The highest BCUT2D eigenvalue weighted by Crippen LogP contribution is 2.34. The first-order valence-corrected chi connectivity index (χ1v) is 12.0. The number of amides is 4. The van der Waals surface area contributed by atoms with Crippen molar-refractivity contribution in [2.75, 3.05) is 25.2 Å². The number of carbonyl (C=O) groups is 4. The molecule has 2 aromatic rings. The summed E-state index contributed by atoms with van der Waals surface area (Å²) in [6.07, 6.45) is -1.08. The molecule has 4 unspecified atom stereocenters. The minimum Gasteiger partial charge on any atom is -0.325 e. The van der Waals surface area contributed by atoms with Crippen LogP contribution in [0.3, 0.4) is 0 Å². The van der Waals surface area contributed by atoms with Gasteiger partial charge in [-0.05, 0) is 48.9 Å². The highest BCUT2D eigenvalue weighted by molar-refractivity contribution is 8.00. The number of urea groups is 1. The van der Waals surface area contributed by atoms with Crippen LogP contribution in [-0.4, -0.2) is 64.8 Å². The Kier molecular flexibility index (Phi) is 7.20. The molecule has 0 saturated carbocycles. The first-order valence-electron chi connectivity index (χ1n) is 11.0. The number of fused-ring (bicyclic) bond motifs is 1. The summed E-state index contributed by atoms with van der Waals surface area (Å²) >= 11 is 1.25. The van der Waals surface area contributed by atoms with Crippen LogP contribution in [0.15, 0.2) is 48.5 Å². The van der Waals surface area contributed by atoms with E-state index in [2.05, 4.69) is 16.0 Å². The van der Waals surface area contributed by atoms with Crippen LogP contribution in [-0.2, 0) is 9.59 Å². The zero-order valence-electron chi connectivity index (χ0n) is 19.4. The summed E-state index contributed by atoms with van der Waals surface area (Å²) < 4.78 is 13.4. The Morgan fingerprint density at radius 1 is 1.03 bits per heavy atom. The van der Waals surface area contributed by atoms with Gasteiger partial charge in [-0.1, -0.05) is 12.1 Å². The number of imide groups is 1. The van der Waals surface area contributed by atoms with Crippen molar-refractivity contribution in [3.8, 4) is 0 Å². The molecule has 35 heavy (non-hydrogen) atoms. The monoisotopic (exact) mass is 499 g/mol. The second-order valence-corrected chi connectivity index (χ2v) is 9.62. The topological polar surface area (TPSA) is 111 Å². The Morgan fingerprint density at radius 2 is 1.69 bits per heavy atom. The van der Waals surface area contributed by atoms with Crippen LogP contribution < -0.4 is 16.0 Å². The van der Waals surface area contributed by atoms with E-state index in [1.165, 1.54) is 42.8 Å². The third-order valence-corrected chi connectivity index (χ3v) is 7.35. The Labute approximate surface area is 206 Å². The molecule has 4 rings (SSSR count). The lowest BCUT2D eigenvalue weighted by Crippen LogP contribution is -2.72. The molecule has 9 nitrogen and oxygen atoms in total.